The average molecular weight is 193 g/mol. The van der Waals surface area contributed by atoms with Crippen LogP contribution in [-0.4, -0.2) is 15.7 Å². The molecule has 4 heteroatoms. The Morgan fingerprint density at radius 1 is 1.71 bits per heavy atom. The van der Waals surface area contributed by atoms with Crippen LogP contribution in [-0.2, 0) is 11.8 Å². The SMILES string of the molecule is C=CC(=O)Nc1cn(C)nc1C(C)C. The van der Waals surface area contributed by atoms with Gasteiger partial charge in [0.05, 0.1) is 11.4 Å². The topological polar surface area (TPSA) is 46.9 Å². The first-order chi connectivity index (χ1) is 6.54. The minimum absolute atomic E-state index is 0.208. The second kappa shape index (κ2) is 4.09. The van der Waals surface area contributed by atoms with Crippen LogP contribution in [0.1, 0.15) is 25.5 Å². The predicted octanol–water partition coefficient (Wildman–Crippen LogP) is 1.67. The Labute approximate surface area is 83.6 Å². The molecule has 1 rings (SSSR count). The molecule has 0 bridgehead atoms. The Bertz CT molecular complexity index is 352. The lowest BCUT2D eigenvalue weighted by atomic mass is 10.1. The van der Waals surface area contributed by atoms with Gasteiger partial charge in [-0.25, -0.2) is 0 Å². The quantitative estimate of drug-likeness (QED) is 0.742. The molecule has 0 atom stereocenters. The molecule has 1 amide bonds. The Morgan fingerprint density at radius 2 is 2.36 bits per heavy atom. The number of anilines is 1. The summed E-state index contributed by atoms with van der Waals surface area (Å²) in [5, 5.41) is 6.99. The highest BCUT2D eigenvalue weighted by molar-refractivity contribution is 5.99. The largest absolute Gasteiger partial charge is 0.320 e. The van der Waals surface area contributed by atoms with Crippen molar-refractivity contribution in [2.45, 2.75) is 19.8 Å². The summed E-state index contributed by atoms with van der Waals surface area (Å²) in [7, 11) is 1.83. The van der Waals surface area contributed by atoms with Crippen LogP contribution < -0.4 is 5.32 Å². The Morgan fingerprint density at radius 3 is 2.86 bits per heavy atom. The van der Waals surface area contributed by atoms with E-state index in [1.54, 1.807) is 10.9 Å². The van der Waals surface area contributed by atoms with Crippen molar-refractivity contribution in [3.05, 3.63) is 24.5 Å². The molecule has 0 aliphatic rings. The van der Waals surface area contributed by atoms with Gasteiger partial charge in [-0.05, 0) is 12.0 Å². The molecule has 14 heavy (non-hydrogen) atoms. The van der Waals surface area contributed by atoms with Gasteiger partial charge in [-0.3, -0.25) is 9.48 Å². The van der Waals surface area contributed by atoms with Crippen molar-refractivity contribution in [2.75, 3.05) is 5.32 Å². The summed E-state index contributed by atoms with van der Waals surface area (Å²) in [4.78, 5) is 11.1. The first-order valence-corrected chi connectivity index (χ1v) is 4.51. The minimum Gasteiger partial charge on any atom is -0.320 e. The van der Waals surface area contributed by atoms with Gasteiger partial charge >= 0.3 is 0 Å². The molecule has 76 valence electrons. The molecule has 0 aliphatic heterocycles. The molecule has 0 radical (unpaired) electrons. The number of carbonyl (C=O) groups excluding carboxylic acids is 1. The van der Waals surface area contributed by atoms with Gasteiger partial charge in [-0.1, -0.05) is 20.4 Å². The molecule has 0 aliphatic carbocycles. The number of nitrogens with one attached hydrogen (secondary N) is 1. The molecule has 1 aromatic heterocycles. The Hall–Kier alpha value is -1.58. The first-order valence-electron chi connectivity index (χ1n) is 4.51. The normalized spacial score (nSPS) is 10.3. The lowest BCUT2D eigenvalue weighted by molar-refractivity contribution is -0.111. The van der Waals surface area contributed by atoms with Crippen LogP contribution in [0.25, 0.3) is 0 Å². The van der Waals surface area contributed by atoms with Crippen molar-refractivity contribution in [1.82, 2.24) is 9.78 Å². The van der Waals surface area contributed by atoms with E-state index in [0.717, 1.165) is 11.4 Å². The summed E-state index contributed by atoms with van der Waals surface area (Å²) < 4.78 is 1.69. The Kier molecular flexibility index (Phi) is 3.06. The summed E-state index contributed by atoms with van der Waals surface area (Å²) >= 11 is 0. The molecule has 0 fully saturated rings. The van der Waals surface area contributed by atoms with Gasteiger partial charge in [-0.15, -0.1) is 0 Å². The lowest BCUT2D eigenvalue weighted by Crippen LogP contribution is -2.08. The fourth-order valence-corrected chi connectivity index (χ4v) is 1.21. The maximum Gasteiger partial charge on any atom is 0.247 e. The highest BCUT2D eigenvalue weighted by Gasteiger charge is 2.12. The van der Waals surface area contributed by atoms with Crippen molar-refractivity contribution < 1.29 is 4.79 Å². The van der Waals surface area contributed by atoms with E-state index in [4.69, 9.17) is 0 Å². The molecule has 1 heterocycles. The van der Waals surface area contributed by atoms with E-state index in [1.165, 1.54) is 6.08 Å². The van der Waals surface area contributed by atoms with Crippen molar-refractivity contribution in [3.63, 3.8) is 0 Å². The van der Waals surface area contributed by atoms with Gasteiger partial charge in [0, 0.05) is 13.2 Å². The minimum atomic E-state index is -0.208. The van der Waals surface area contributed by atoms with Crippen LogP contribution in [0.15, 0.2) is 18.9 Å². The third-order valence-electron chi connectivity index (χ3n) is 1.85. The van der Waals surface area contributed by atoms with Crippen LogP contribution in [0, 0.1) is 0 Å². The van der Waals surface area contributed by atoms with Crippen molar-refractivity contribution in [3.8, 4) is 0 Å². The number of carbonyl (C=O) groups is 1. The summed E-state index contributed by atoms with van der Waals surface area (Å²) in [5.74, 6) is 0.0798. The van der Waals surface area contributed by atoms with E-state index < -0.39 is 0 Å². The molecule has 0 unspecified atom stereocenters. The summed E-state index contributed by atoms with van der Waals surface area (Å²) in [6.45, 7) is 7.47. The van der Waals surface area contributed by atoms with Crippen molar-refractivity contribution >= 4 is 11.6 Å². The molecule has 0 saturated carbocycles. The Balaban J connectivity index is 2.95. The monoisotopic (exact) mass is 193 g/mol. The van der Waals surface area contributed by atoms with E-state index in [0.29, 0.717) is 0 Å². The molecular formula is C10H15N3O. The van der Waals surface area contributed by atoms with E-state index in [9.17, 15) is 4.79 Å². The zero-order valence-corrected chi connectivity index (χ0v) is 8.74. The molecule has 0 saturated heterocycles. The van der Waals surface area contributed by atoms with Gasteiger partial charge in [0.15, 0.2) is 0 Å². The highest BCUT2D eigenvalue weighted by Crippen LogP contribution is 2.21. The van der Waals surface area contributed by atoms with Crippen molar-refractivity contribution in [2.24, 2.45) is 7.05 Å². The number of hydrogen-bond acceptors (Lipinski definition) is 2. The van der Waals surface area contributed by atoms with E-state index >= 15 is 0 Å². The lowest BCUT2D eigenvalue weighted by Gasteiger charge is -2.04. The molecule has 1 N–H and O–H groups in total. The highest BCUT2D eigenvalue weighted by atomic mass is 16.1. The standard InChI is InChI=1S/C10H15N3O/c1-5-9(14)11-8-6-13(4)12-10(8)7(2)3/h5-7H,1H2,2-4H3,(H,11,14). The fourth-order valence-electron chi connectivity index (χ4n) is 1.21. The van der Waals surface area contributed by atoms with Gasteiger partial charge in [0.25, 0.3) is 0 Å². The van der Waals surface area contributed by atoms with E-state index in [1.807, 2.05) is 20.9 Å². The molecule has 0 spiro atoms. The van der Waals surface area contributed by atoms with Crippen LogP contribution in [0.2, 0.25) is 0 Å². The third kappa shape index (κ3) is 2.22. The van der Waals surface area contributed by atoms with Gasteiger partial charge < -0.3 is 5.32 Å². The number of aryl methyl sites for hydroxylation is 1. The first kappa shape index (κ1) is 10.5. The maximum atomic E-state index is 11.1. The second-order valence-corrected chi connectivity index (χ2v) is 3.45. The fraction of sp³-hybridized carbons (Fsp3) is 0.400. The second-order valence-electron chi connectivity index (χ2n) is 3.45. The number of nitrogens with zero attached hydrogens (tertiary/aromatic N) is 2. The summed E-state index contributed by atoms with van der Waals surface area (Å²) in [6.07, 6.45) is 3.04. The van der Waals surface area contributed by atoms with E-state index in [2.05, 4.69) is 17.0 Å². The van der Waals surface area contributed by atoms with Gasteiger partial charge in [0.1, 0.15) is 0 Å². The zero-order chi connectivity index (χ0) is 10.7. The predicted molar refractivity (Wildman–Crippen MR) is 56.1 cm³/mol. The van der Waals surface area contributed by atoms with Crippen LogP contribution in [0.3, 0.4) is 0 Å². The summed E-state index contributed by atoms with van der Waals surface area (Å²) in [5.41, 5.74) is 1.65. The maximum absolute atomic E-state index is 11.1. The third-order valence-corrected chi connectivity index (χ3v) is 1.85. The van der Waals surface area contributed by atoms with Crippen LogP contribution in [0.5, 0.6) is 0 Å². The van der Waals surface area contributed by atoms with Crippen LogP contribution >= 0.6 is 0 Å². The van der Waals surface area contributed by atoms with Crippen molar-refractivity contribution in [1.29, 1.82) is 0 Å². The van der Waals surface area contributed by atoms with Crippen LogP contribution in [0.4, 0.5) is 5.69 Å². The van der Waals surface area contributed by atoms with E-state index in [-0.39, 0.29) is 11.8 Å². The average Bonchev–Trinajstić information content (AvgIpc) is 2.46. The van der Waals surface area contributed by atoms with Gasteiger partial charge in [0.2, 0.25) is 5.91 Å². The molecular weight excluding hydrogens is 178 g/mol. The number of aromatic nitrogens is 2. The number of amides is 1. The molecule has 1 aromatic rings. The van der Waals surface area contributed by atoms with Gasteiger partial charge in [-0.2, -0.15) is 5.10 Å². The molecule has 4 nitrogen and oxygen atoms in total. The zero-order valence-electron chi connectivity index (χ0n) is 8.74. The smallest absolute Gasteiger partial charge is 0.247 e. The molecule has 0 aromatic carbocycles. The number of rotatable bonds is 3. The number of hydrogen-bond donors (Lipinski definition) is 1. The summed E-state index contributed by atoms with van der Waals surface area (Å²) in [6, 6.07) is 0.